The average Bonchev–Trinajstić information content (AvgIpc) is 2.89. The molecule has 0 spiro atoms. The Balaban J connectivity index is 1.55. The molecule has 1 atom stereocenters. The molecular weight excluding hydrogens is 319 g/mol. The van der Waals surface area contributed by atoms with E-state index in [1.54, 1.807) is 17.0 Å². The molecule has 1 heterocycles. The Kier molecular flexibility index (Phi) is 5.12. The average molecular weight is 340 g/mol. The third kappa shape index (κ3) is 4.44. The Bertz CT molecular complexity index is 791. The maximum absolute atomic E-state index is 13.3. The van der Waals surface area contributed by atoms with Crippen LogP contribution in [0.25, 0.3) is 0 Å². The van der Waals surface area contributed by atoms with Gasteiger partial charge in [-0.15, -0.1) is 0 Å². The van der Waals surface area contributed by atoms with E-state index in [9.17, 15) is 14.0 Å². The molecule has 0 saturated carbocycles. The molecular formula is C20H21FN2O2. The maximum atomic E-state index is 13.3. The van der Waals surface area contributed by atoms with Crippen molar-refractivity contribution in [1.82, 2.24) is 10.2 Å². The monoisotopic (exact) mass is 340 g/mol. The lowest BCUT2D eigenvalue weighted by molar-refractivity contribution is -0.128. The van der Waals surface area contributed by atoms with Gasteiger partial charge in [-0.3, -0.25) is 9.59 Å². The summed E-state index contributed by atoms with van der Waals surface area (Å²) in [5, 5.41) is 2.94. The summed E-state index contributed by atoms with van der Waals surface area (Å²) in [6, 6.07) is 13.8. The molecule has 1 N–H and O–H groups in total. The number of hydrogen-bond acceptors (Lipinski definition) is 2. The van der Waals surface area contributed by atoms with Crippen molar-refractivity contribution in [2.45, 2.75) is 32.4 Å². The summed E-state index contributed by atoms with van der Waals surface area (Å²) < 4.78 is 13.3. The topological polar surface area (TPSA) is 49.4 Å². The number of halogens is 1. The Morgan fingerprint density at radius 3 is 2.80 bits per heavy atom. The van der Waals surface area contributed by atoms with E-state index in [0.717, 1.165) is 16.7 Å². The van der Waals surface area contributed by atoms with Crippen molar-refractivity contribution in [3.05, 3.63) is 71.0 Å². The molecule has 1 aliphatic rings. The number of likely N-dealkylation sites (tertiary alicyclic amines) is 1. The van der Waals surface area contributed by atoms with Crippen molar-refractivity contribution < 1.29 is 14.0 Å². The van der Waals surface area contributed by atoms with Crippen LogP contribution < -0.4 is 5.32 Å². The zero-order chi connectivity index (χ0) is 17.8. The molecule has 3 rings (SSSR count). The molecule has 0 aliphatic carbocycles. The predicted octanol–water partition coefficient (Wildman–Crippen LogP) is 2.59. The Morgan fingerprint density at radius 2 is 2.04 bits per heavy atom. The molecule has 25 heavy (non-hydrogen) atoms. The fraction of sp³-hybridized carbons (Fsp3) is 0.300. The Hall–Kier alpha value is -2.69. The molecule has 1 aliphatic heterocycles. The fourth-order valence-electron chi connectivity index (χ4n) is 3.14. The van der Waals surface area contributed by atoms with Gasteiger partial charge >= 0.3 is 0 Å². The number of nitrogens with one attached hydrogen (secondary N) is 1. The number of nitrogens with zero attached hydrogens (tertiary/aromatic N) is 1. The van der Waals surface area contributed by atoms with Gasteiger partial charge in [-0.25, -0.2) is 4.39 Å². The number of aryl methyl sites for hydroxylation is 1. The minimum atomic E-state index is -0.313. The van der Waals surface area contributed by atoms with E-state index in [1.807, 2.05) is 31.2 Å². The van der Waals surface area contributed by atoms with Gasteiger partial charge in [0.1, 0.15) is 5.82 Å². The van der Waals surface area contributed by atoms with Crippen molar-refractivity contribution in [3.8, 4) is 0 Å². The number of rotatable bonds is 5. The standard InChI is InChI=1S/C20H21FN2O2/c1-14-5-2-3-7-16(14)10-19(24)22-18-11-20(25)23(13-18)12-15-6-4-8-17(21)9-15/h2-9,18H,10-13H2,1H3,(H,22,24)/t18-/m0/s1. The molecule has 0 bridgehead atoms. The number of carbonyl (C=O) groups is 2. The van der Waals surface area contributed by atoms with Gasteiger partial charge in [-0.1, -0.05) is 36.4 Å². The van der Waals surface area contributed by atoms with Crippen LogP contribution in [0.1, 0.15) is 23.1 Å². The van der Waals surface area contributed by atoms with Crippen LogP contribution in [0.3, 0.4) is 0 Å². The van der Waals surface area contributed by atoms with Gasteiger partial charge in [0.15, 0.2) is 0 Å². The molecule has 1 fully saturated rings. The highest BCUT2D eigenvalue weighted by atomic mass is 19.1. The van der Waals surface area contributed by atoms with Crippen LogP contribution in [0.2, 0.25) is 0 Å². The van der Waals surface area contributed by atoms with Crippen LogP contribution in [-0.4, -0.2) is 29.3 Å². The van der Waals surface area contributed by atoms with E-state index in [0.29, 0.717) is 19.5 Å². The fourth-order valence-corrected chi connectivity index (χ4v) is 3.14. The van der Waals surface area contributed by atoms with Gasteiger partial charge in [0, 0.05) is 19.5 Å². The normalized spacial score (nSPS) is 17.0. The summed E-state index contributed by atoms with van der Waals surface area (Å²) in [6.07, 6.45) is 0.593. The molecule has 0 aromatic heterocycles. The number of benzene rings is 2. The second-order valence-corrected chi connectivity index (χ2v) is 6.48. The van der Waals surface area contributed by atoms with E-state index >= 15 is 0 Å². The third-order valence-electron chi connectivity index (χ3n) is 4.45. The van der Waals surface area contributed by atoms with Gasteiger partial charge in [-0.2, -0.15) is 0 Å². The molecule has 0 radical (unpaired) electrons. The largest absolute Gasteiger partial charge is 0.351 e. The van der Waals surface area contributed by atoms with Crippen molar-refractivity contribution in [2.24, 2.45) is 0 Å². The lowest BCUT2D eigenvalue weighted by atomic mass is 10.1. The second kappa shape index (κ2) is 7.47. The van der Waals surface area contributed by atoms with Gasteiger partial charge < -0.3 is 10.2 Å². The first-order chi connectivity index (χ1) is 12.0. The highest BCUT2D eigenvalue weighted by Crippen LogP contribution is 2.16. The highest BCUT2D eigenvalue weighted by Gasteiger charge is 2.30. The third-order valence-corrected chi connectivity index (χ3v) is 4.45. The van der Waals surface area contributed by atoms with E-state index in [2.05, 4.69) is 5.32 Å². The van der Waals surface area contributed by atoms with E-state index in [-0.39, 0.29) is 30.1 Å². The summed E-state index contributed by atoms with van der Waals surface area (Å²) in [5.74, 6) is -0.419. The van der Waals surface area contributed by atoms with Crippen LogP contribution in [0.15, 0.2) is 48.5 Å². The zero-order valence-corrected chi connectivity index (χ0v) is 14.2. The summed E-state index contributed by atoms with van der Waals surface area (Å²) >= 11 is 0. The molecule has 0 unspecified atom stereocenters. The number of hydrogen-bond donors (Lipinski definition) is 1. The summed E-state index contributed by atoms with van der Waals surface area (Å²) in [4.78, 5) is 26.1. The molecule has 2 aromatic rings. The van der Waals surface area contributed by atoms with Crippen molar-refractivity contribution >= 4 is 11.8 Å². The summed E-state index contributed by atoms with van der Waals surface area (Å²) in [6.45, 7) is 2.79. The molecule has 130 valence electrons. The van der Waals surface area contributed by atoms with E-state index < -0.39 is 0 Å². The number of amides is 2. The molecule has 4 nitrogen and oxygen atoms in total. The van der Waals surface area contributed by atoms with Gasteiger partial charge in [0.2, 0.25) is 11.8 Å². The first-order valence-electron chi connectivity index (χ1n) is 8.37. The Morgan fingerprint density at radius 1 is 1.24 bits per heavy atom. The van der Waals surface area contributed by atoms with Crippen molar-refractivity contribution in [3.63, 3.8) is 0 Å². The van der Waals surface area contributed by atoms with Gasteiger partial charge in [0.05, 0.1) is 12.5 Å². The Labute approximate surface area is 146 Å². The lowest BCUT2D eigenvalue weighted by Gasteiger charge is -2.17. The van der Waals surface area contributed by atoms with Gasteiger partial charge in [0.25, 0.3) is 0 Å². The first kappa shape index (κ1) is 17.1. The smallest absolute Gasteiger partial charge is 0.225 e. The van der Waals surface area contributed by atoms with Crippen molar-refractivity contribution in [1.29, 1.82) is 0 Å². The summed E-state index contributed by atoms with van der Waals surface area (Å²) in [5.41, 5.74) is 2.81. The van der Waals surface area contributed by atoms with Gasteiger partial charge in [-0.05, 0) is 35.7 Å². The van der Waals surface area contributed by atoms with E-state index in [1.165, 1.54) is 12.1 Å². The zero-order valence-electron chi connectivity index (χ0n) is 14.2. The molecule has 5 heteroatoms. The van der Waals surface area contributed by atoms with E-state index in [4.69, 9.17) is 0 Å². The molecule has 2 aromatic carbocycles. The van der Waals surface area contributed by atoms with Crippen LogP contribution in [0.5, 0.6) is 0 Å². The SMILES string of the molecule is Cc1ccccc1CC(=O)N[C@H]1CC(=O)N(Cc2cccc(F)c2)C1. The van der Waals surface area contributed by atoms with Crippen molar-refractivity contribution in [2.75, 3.05) is 6.54 Å². The highest BCUT2D eigenvalue weighted by molar-refractivity contribution is 5.83. The van der Waals surface area contributed by atoms with Crippen LogP contribution >= 0.6 is 0 Å². The maximum Gasteiger partial charge on any atom is 0.225 e. The summed E-state index contributed by atoms with van der Waals surface area (Å²) in [7, 11) is 0. The first-order valence-corrected chi connectivity index (χ1v) is 8.37. The number of carbonyl (C=O) groups excluding carboxylic acids is 2. The lowest BCUT2D eigenvalue weighted by Crippen LogP contribution is -2.38. The molecule has 2 amide bonds. The molecule has 1 saturated heterocycles. The quantitative estimate of drug-likeness (QED) is 0.909. The van der Waals surface area contributed by atoms with Crippen LogP contribution in [0, 0.1) is 12.7 Å². The van der Waals surface area contributed by atoms with Crippen LogP contribution in [-0.2, 0) is 22.6 Å². The second-order valence-electron chi connectivity index (χ2n) is 6.48. The van der Waals surface area contributed by atoms with Crippen LogP contribution in [0.4, 0.5) is 4.39 Å². The minimum absolute atomic E-state index is 0.0227. The predicted molar refractivity (Wildman–Crippen MR) is 93.2 cm³/mol. The minimum Gasteiger partial charge on any atom is -0.351 e.